The van der Waals surface area contributed by atoms with Gasteiger partial charge in [-0.25, -0.2) is 13.2 Å². The molecule has 0 aliphatic carbocycles. The lowest BCUT2D eigenvalue weighted by Crippen LogP contribution is -2.55. The molecule has 10 heteroatoms. The first kappa shape index (κ1) is 20.7. The van der Waals surface area contributed by atoms with Gasteiger partial charge in [0.25, 0.3) is 0 Å². The summed E-state index contributed by atoms with van der Waals surface area (Å²) in [5.41, 5.74) is 0.814. The fourth-order valence-electron chi connectivity index (χ4n) is 3.24. The summed E-state index contributed by atoms with van der Waals surface area (Å²) >= 11 is 1.51. The van der Waals surface area contributed by atoms with Gasteiger partial charge in [0, 0.05) is 30.7 Å². The van der Waals surface area contributed by atoms with Crippen molar-refractivity contribution in [1.82, 2.24) is 4.90 Å². The molecule has 2 aliphatic heterocycles. The summed E-state index contributed by atoms with van der Waals surface area (Å²) in [5, 5.41) is 4.96. The zero-order valence-electron chi connectivity index (χ0n) is 15.8. The molecule has 1 fully saturated rings. The van der Waals surface area contributed by atoms with Crippen LogP contribution in [0.5, 0.6) is 0 Å². The number of thioether (sulfide) groups is 1. The quantitative estimate of drug-likeness (QED) is 0.653. The van der Waals surface area contributed by atoms with E-state index in [-0.39, 0.29) is 24.6 Å². The van der Waals surface area contributed by atoms with Gasteiger partial charge in [0.05, 0.1) is 12.3 Å². The lowest BCUT2D eigenvalue weighted by molar-refractivity contribution is -0.135. The number of hydrazone groups is 1. The monoisotopic (exact) mass is 425 g/mol. The Morgan fingerprint density at radius 3 is 2.64 bits per heavy atom. The van der Waals surface area contributed by atoms with Gasteiger partial charge in [-0.1, -0.05) is 18.2 Å². The van der Waals surface area contributed by atoms with Crippen molar-refractivity contribution in [2.24, 2.45) is 5.10 Å². The third-order valence-electron chi connectivity index (χ3n) is 4.59. The van der Waals surface area contributed by atoms with E-state index in [1.807, 2.05) is 18.2 Å². The van der Waals surface area contributed by atoms with Crippen molar-refractivity contribution >= 4 is 44.9 Å². The minimum absolute atomic E-state index is 0.0761. The number of anilines is 1. The Morgan fingerprint density at radius 2 is 2.00 bits per heavy atom. The second-order valence-corrected chi connectivity index (χ2v) is 9.91. The number of ether oxygens (including phenoxy) is 1. The number of sulfone groups is 1. The lowest BCUT2D eigenvalue weighted by Gasteiger charge is -2.37. The van der Waals surface area contributed by atoms with Crippen LogP contribution in [0.25, 0.3) is 0 Å². The number of carbonyl (C=O) groups excluding carboxylic acids is 2. The van der Waals surface area contributed by atoms with Crippen molar-refractivity contribution in [2.75, 3.05) is 35.9 Å². The molecular formula is C18H23N3O5S2. The first-order valence-electron chi connectivity index (χ1n) is 8.99. The summed E-state index contributed by atoms with van der Waals surface area (Å²) in [7, 11) is -3.43. The number of hydrogen-bond acceptors (Lipinski definition) is 8. The summed E-state index contributed by atoms with van der Waals surface area (Å²) in [4.78, 5) is 27.0. The van der Waals surface area contributed by atoms with E-state index in [4.69, 9.17) is 4.74 Å². The number of nitrogens with zero attached hydrogens (tertiary/aromatic N) is 3. The molecule has 152 valence electrons. The van der Waals surface area contributed by atoms with Gasteiger partial charge in [-0.15, -0.1) is 0 Å². The number of benzene rings is 1. The Kier molecular flexibility index (Phi) is 6.29. The number of esters is 1. The topological polar surface area (TPSA) is 96.3 Å². The largest absolute Gasteiger partial charge is 0.461 e. The highest BCUT2D eigenvalue weighted by Crippen LogP contribution is 2.29. The second kappa shape index (κ2) is 8.52. The van der Waals surface area contributed by atoms with E-state index in [0.29, 0.717) is 23.7 Å². The van der Waals surface area contributed by atoms with Gasteiger partial charge >= 0.3 is 5.97 Å². The molecule has 0 spiro atoms. The van der Waals surface area contributed by atoms with Crippen molar-refractivity contribution in [3.63, 3.8) is 0 Å². The summed E-state index contributed by atoms with van der Waals surface area (Å²) < 4.78 is 29.4. The van der Waals surface area contributed by atoms with Crippen molar-refractivity contribution in [1.29, 1.82) is 0 Å². The van der Waals surface area contributed by atoms with Crippen molar-refractivity contribution < 1.29 is 22.7 Å². The van der Waals surface area contributed by atoms with Crippen LogP contribution >= 0.6 is 11.8 Å². The minimum Gasteiger partial charge on any atom is -0.461 e. The fourth-order valence-corrected chi connectivity index (χ4v) is 6.06. The molecular weight excluding hydrogens is 402 g/mol. The molecule has 2 aliphatic rings. The van der Waals surface area contributed by atoms with Gasteiger partial charge in [-0.2, -0.15) is 16.9 Å². The molecule has 0 aromatic heterocycles. The Morgan fingerprint density at radius 1 is 1.29 bits per heavy atom. The van der Waals surface area contributed by atoms with Crippen LogP contribution in [0.2, 0.25) is 0 Å². The predicted octanol–water partition coefficient (Wildman–Crippen LogP) is 1.13. The van der Waals surface area contributed by atoms with Crippen molar-refractivity contribution in [3.05, 3.63) is 30.3 Å². The van der Waals surface area contributed by atoms with Crippen molar-refractivity contribution in [3.8, 4) is 0 Å². The molecule has 1 aromatic rings. The summed E-state index contributed by atoms with van der Waals surface area (Å²) in [6.45, 7) is 2.25. The molecule has 0 bridgehead atoms. The number of amides is 1. The normalized spacial score (nSPS) is 22.7. The maximum absolute atomic E-state index is 13.4. The average molecular weight is 426 g/mol. The lowest BCUT2D eigenvalue weighted by atomic mass is 10.1. The SMILES string of the molecule is CCOC(=O)C1=NN(c2ccccc2)[C@H](C(=O)N2CCSC[C@@H]2S(C)(=O)=O)C1. The smallest absolute Gasteiger partial charge is 0.354 e. The number of hydrogen-bond donors (Lipinski definition) is 0. The van der Waals surface area contributed by atoms with Crippen LogP contribution in [0.1, 0.15) is 13.3 Å². The van der Waals surface area contributed by atoms with Gasteiger partial charge in [0.15, 0.2) is 9.84 Å². The van der Waals surface area contributed by atoms with Crippen LogP contribution in [0.3, 0.4) is 0 Å². The van der Waals surface area contributed by atoms with Crippen LogP contribution in [0.4, 0.5) is 5.69 Å². The fraction of sp³-hybridized carbons (Fsp3) is 0.500. The Hall–Kier alpha value is -2.07. The van der Waals surface area contributed by atoms with Crippen LogP contribution in [0, 0.1) is 0 Å². The van der Waals surface area contributed by atoms with Crippen LogP contribution in [-0.2, 0) is 24.2 Å². The molecule has 0 radical (unpaired) electrons. The molecule has 2 heterocycles. The highest BCUT2D eigenvalue weighted by molar-refractivity contribution is 8.00. The molecule has 28 heavy (non-hydrogen) atoms. The summed E-state index contributed by atoms with van der Waals surface area (Å²) in [6.07, 6.45) is 1.22. The Bertz CT molecular complexity index is 872. The number of rotatable bonds is 5. The standard InChI is InChI=1S/C18H23N3O5S2/c1-3-26-18(23)14-11-15(21(19-14)13-7-5-4-6-8-13)17(22)20-9-10-27-12-16(20)28(2,24)25/h4-8,15-16H,3,9-12H2,1-2H3/t15-,16-/m0/s1. The molecule has 3 rings (SSSR count). The second-order valence-electron chi connectivity index (χ2n) is 6.56. The first-order chi connectivity index (χ1) is 13.3. The van der Waals surface area contributed by atoms with E-state index in [1.54, 1.807) is 19.1 Å². The number of carbonyl (C=O) groups is 2. The molecule has 1 saturated heterocycles. The van der Waals surface area contributed by atoms with Crippen molar-refractivity contribution in [2.45, 2.75) is 24.8 Å². The molecule has 1 amide bonds. The van der Waals surface area contributed by atoms with Gasteiger partial charge in [0.1, 0.15) is 17.1 Å². The van der Waals surface area contributed by atoms with E-state index < -0.39 is 27.2 Å². The van der Waals surface area contributed by atoms with Gasteiger partial charge in [0.2, 0.25) is 5.91 Å². The summed E-state index contributed by atoms with van der Waals surface area (Å²) in [5.74, 6) is 0.102. The van der Waals surface area contributed by atoms with E-state index in [0.717, 1.165) is 6.26 Å². The third-order valence-corrected chi connectivity index (χ3v) is 7.23. The molecule has 2 atom stereocenters. The number of para-hydroxylation sites is 1. The summed E-state index contributed by atoms with van der Waals surface area (Å²) in [6, 6.07) is 8.26. The zero-order chi connectivity index (χ0) is 20.3. The average Bonchev–Trinajstić information content (AvgIpc) is 3.13. The van der Waals surface area contributed by atoms with E-state index in [1.165, 1.54) is 21.7 Å². The van der Waals surface area contributed by atoms with Crippen LogP contribution in [-0.4, -0.2) is 73.2 Å². The molecule has 8 nitrogen and oxygen atoms in total. The van der Waals surface area contributed by atoms with Gasteiger partial charge < -0.3 is 9.64 Å². The van der Waals surface area contributed by atoms with Crippen LogP contribution in [0.15, 0.2) is 35.4 Å². The zero-order valence-corrected chi connectivity index (χ0v) is 17.4. The third kappa shape index (κ3) is 4.33. The van der Waals surface area contributed by atoms with E-state index in [2.05, 4.69) is 5.10 Å². The Labute approximate surface area is 168 Å². The molecule has 1 aromatic carbocycles. The maximum Gasteiger partial charge on any atom is 0.354 e. The molecule has 0 unspecified atom stereocenters. The minimum atomic E-state index is -3.43. The van der Waals surface area contributed by atoms with E-state index in [9.17, 15) is 18.0 Å². The molecule has 0 N–H and O–H groups in total. The predicted molar refractivity (Wildman–Crippen MR) is 109 cm³/mol. The highest BCUT2D eigenvalue weighted by atomic mass is 32.2. The maximum atomic E-state index is 13.4. The van der Waals surface area contributed by atoms with Gasteiger partial charge in [-0.05, 0) is 19.1 Å². The first-order valence-corrected chi connectivity index (χ1v) is 12.1. The van der Waals surface area contributed by atoms with E-state index >= 15 is 0 Å². The highest BCUT2D eigenvalue weighted by Gasteiger charge is 2.43. The van der Waals surface area contributed by atoms with Crippen LogP contribution < -0.4 is 5.01 Å². The Balaban J connectivity index is 1.92. The van der Waals surface area contributed by atoms with Gasteiger partial charge in [-0.3, -0.25) is 9.80 Å². The molecule has 0 saturated carbocycles.